The standard InChI is InChI=1S/C27H29N3O2/c1-18-9-10-23(21(4)14-18)27(31)28-17-26-29-24-7-5-6-8-25(24)30(26)11-12-32-22-15-19(2)13-20(3)16-22/h5-10,13-16H,11-12,17H2,1-4H3,(H,28,31). The molecule has 4 rings (SSSR count). The van der Waals surface area contributed by atoms with Crippen molar-refractivity contribution in [1.29, 1.82) is 0 Å². The minimum atomic E-state index is -0.0902. The maximum atomic E-state index is 12.8. The summed E-state index contributed by atoms with van der Waals surface area (Å²) in [4.78, 5) is 17.5. The van der Waals surface area contributed by atoms with Crippen LogP contribution in [0.2, 0.25) is 0 Å². The van der Waals surface area contributed by atoms with Gasteiger partial charge in [-0.05, 0) is 74.7 Å². The third-order valence-corrected chi connectivity index (χ3v) is 5.55. The Morgan fingerprint density at radius 3 is 2.44 bits per heavy atom. The predicted octanol–water partition coefficient (Wildman–Crippen LogP) is 5.28. The van der Waals surface area contributed by atoms with Crippen molar-refractivity contribution in [1.82, 2.24) is 14.9 Å². The minimum absolute atomic E-state index is 0.0902. The Bertz CT molecular complexity index is 1250. The summed E-state index contributed by atoms with van der Waals surface area (Å²) in [6.45, 7) is 9.63. The van der Waals surface area contributed by atoms with Gasteiger partial charge in [-0.1, -0.05) is 35.9 Å². The van der Waals surface area contributed by atoms with Crippen molar-refractivity contribution in [2.75, 3.05) is 6.61 Å². The van der Waals surface area contributed by atoms with Gasteiger partial charge in [-0.15, -0.1) is 0 Å². The number of nitrogens with zero attached hydrogens (tertiary/aromatic N) is 2. The van der Waals surface area contributed by atoms with Crippen LogP contribution in [0.3, 0.4) is 0 Å². The number of amides is 1. The molecule has 0 saturated carbocycles. The van der Waals surface area contributed by atoms with Crippen LogP contribution < -0.4 is 10.1 Å². The van der Waals surface area contributed by atoms with Gasteiger partial charge in [0.2, 0.25) is 0 Å². The van der Waals surface area contributed by atoms with Crippen LogP contribution in [-0.2, 0) is 13.1 Å². The van der Waals surface area contributed by atoms with Crippen LogP contribution in [0, 0.1) is 27.7 Å². The number of imidazole rings is 1. The molecule has 0 bridgehead atoms. The van der Waals surface area contributed by atoms with Gasteiger partial charge in [-0.25, -0.2) is 4.98 Å². The van der Waals surface area contributed by atoms with E-state index in [0.717, 1.165) is 33.7 Å². The number of benzene rings is 3. The molecule has 0 aliphatic heterocycles. The molecule has 32 heavy (non-hydrogen) atoms. The number of fused-ring (bicyclic) bond motifs is 1. The molecule has 1 N–H and O–H groups in total. The number of ether oxygens (including phenoxy) is 1. The normalized spacial score (nSPS) is 11.0. The lowest BCUT2D eigenvalue weighted by Crippen LogP contribution is -2.26. The third-order valence-electron chi connectivity index (χ3n) is 5.55. The quantitative estimate of drug-likeness (QED) is 0.437. The summed E-state index contributed by atoms with van der Waals surface area (Å²) in [6, 6.07) is 20.1. The number of aryl methyl sites for hydroxylation is 4. The molecule has 0 aliphatic rings. The number of hydrogen-bond donors (Lipinski definition) is 1. The lowest BCUT2D eigenvalue weighted by atomic mass is 10.1. The zero-order chi connectivity index (χ0) is 22.7. The number of carbonyl (C=O) groups is 1. The zero-order valence-electron chi connectivity index (χ0n) is 19.1. The van der Waals surface area contributed by atoms with Crippen molar-refractivity contribution in [3.63, 3.8) is 0 Å². The maximum absolute atomic E-state index is 12.8. The second kappa shape index (κ2) is 9.27. The first-order chi connectivity index (χ1) is 15.4. The van der Waals surface area contributed by atoms with E-state index in [4.69, 9.17) is 9.72 Å². The fourth-order valence-electron chi connectivity index (χ4n) is 4.10. The Morgan fingerprint density at radius 2 is 1.69 bits per heavy atom. The van der Waals surface area contributed by atoms with Crippen molar-refractivity contribution in [3.8, 4) is 5.75 Å². The number of nitrogens with one attached hydrogen (secondary N) is 1. The summed E-state index contributed by atoms with van der Waals surface area (Å²) < 4.78 is 8.16. The van der Waals surface area contributed by atoms with Gasteiger partial charge in [-0.2, -0.15) is 0 Å². The molecule has 0 spiro atoms. The van der Waals surface area contributed by atoms with Gasteiger partial charge in [0.1, 0.15) is 18.2 Å². The molecule has 0 saturated heterocycles. The molecular formula is C27H29N3O2. The molecule has 0 fully saturated rings. The van der Waals surface area contributed by atoms with Crippen molar-refractivity contribution < 1.29 is 9.53 Å². The van der Waals surface area contributed by atoms with E-state index in [0.29, 0.717) is 25.3 Å². The number of para-hydroxylation sites is 2. The average molecular weight is 428 g/mol. The van der Waals surface area contributed by atoms with Crippen molar-refractivity contribution in [2.24, 2.45) is 0 Å². The van der Waals surface area contributed by atoms with Gasteiger partial charge < -0.3 is 14.6 Å². The second-order valence-electron chi connectivity index (χ2n) is 8.34. The minimum Gasteiger partial charge on any atom is -0.492 e. The van der Waals surface area contributed by atoms with Gasteiger partial charge in [-0.3, -0.25) is 4.79 Å². The summed E-state index contributed by atoms with van der Waals surface area (Å²) in [7, 11) is 0. The molecule has 1 amide bonds. The monoisotopic (exact) mass is 427 g/mol. The topological polar surface area (TPSA) is 56.1 Å². The molecule has 1 heterocycles. The molecule has 5 nitrogen and oxygen atoms in total. The zero-order valence-corrected chi connectivity index (χ0v) is 19.1. The van der Waals surface area contributed by atoms with Crippen molar-refractivity contribution in [3.05, 3.63) is 94.3 Å². The highest BCUT2D eigenvalue weighted by Gasteiger charge is 2.14. The molecule has 1 aromatic heterocycles. The molecule has 5 heteroatoms. The largest absolute Gasteiger partial charge is 0.492 e. The third kappa shape index (κ3) is 4.83. The first-order valence-electron chi connectivity index (χ1n) is 10.9. The number of aromatic nitrogens is 2. The van der Waals surface area contributed by atoms with Crippen molar-refractivity contribution in [2.45, 2.75) is 40.8 Å². The van der Waals surface area contributed by atoms with Gasteiger partial charge in [0.15, 0.2) is 0 Å². The summed E-state index contributed by atoms with van der Waals surface area (Å²) in [5, 5.41) is 3.04. The fraction of sp³-hybridized carbons (Fsp3) is 0.259. The van der Waals surface area contributed by atoms with Crippen LogP contribution in [0.15, 0.2) is 60.7 Å². The Labute approximate surface area is 189 Å². The van der Waals surface area contributed by atoms with E-state index < -0.39 is 0 Å². The fourth-order valence-corrected chi connectivity index (χ4v) is 4.10. The maximum Gasteiger partial charge on any atom is 0.251 e. The van der Waals surface area contributed by atoms with Gasteiger partial charge in [0.25, 0.3) is 5.91 Å². The summed E-state index contributed by atoms with van der Waals surface area (Å²) in [6.07, 6.45) is 0. The highest BCUT2D eigenvalue weighted by Crippen LogP contribution is 2.19. The molecule has 0 unspecified atom stereocenters. The number of rotatable bonds is 7. The van der Waals surface area contributed by atoms with E-state index in [2.05, 4.69) is 35.9 Å². The highest BCUT2D eigenvalue weighted by atomic mass is 16.5. The van der Waals surface area contributed by atoms with E-state index >= 15 is 0 Å². The Morgan fingerprint density at radius 1 is 0.938 bits per heavy atom. The van der Waals surface area contributed by atoms with Gasteiger partial charge in [0, 0.05) is 5.56 Å². The lowest BCUT2D eigenvalue weighted by molar-refractivity contribution is 0.0949. The average Bonchev–Trinajstić information content (AvgIpc) is 3.09. The SMILES string of the molecule is Cc1cc(C)cc(OCCn2c(CNC(=O)c3ccc(C)cc3C)nc3ccccc32)c1. The van der Waals surface area contributed by atoms with Gasteiger partial charge in [0.05, 0.1) is 24.1 Å². The van der Waals surface area contributed by atoms with E-state index in [1.54, 1.807) is 0 Å². The number of carbonyl (C=O) groups excluding carboxylic acids is 1. The van der Waals surface area contributed by atoms with Crippen LogP contribution in [0.4, 0.5) is 0 Å². The lowest BCUT2D eigenvalue weighted by Gasteiger charge is -2.13. The van der Waals surface area contributed by atoms with Crippen LogP contribution in [0.25, 0.3) is 11.0 Å². The Balaban J connectivity index is 1.50. The van der Waals surface area contributed by atoms with Crippen LogP contribution in [-0.4, -0.2) is 22.1 Å². The molecule has 4 aromatic rings. The highest BCUT2D eigenvalue weighted by molar-refractivity contribution is 5.95. The van der Waals surface area contributed by atoms with Crippen LogP contribution >= 0.6 is 0 Å². The Kier molecular flexibility index (Phi) is 6.26. The Hall–Kier alpha value is -3.60. The predicted molar refractivity (Wildman–Crippen MR) is 128 cm³/mol. The summed E-state index contributed by atoms with van der Waals surface area (Å²) >= 11 is 0. The molecule has 0 atom stereocenters. The molecule has 164 valence electrons. The van der Waals surface area contributed by atoms with Gasteiger partial charge >= 0.3 is 0 Å². The second-order valence-corrected chi connectivity index (χ2v) is 8.34. The molecule has 3 aromatic carbocycles. The van der Waals surface area contributed by atoms with Crippen molar-refractivity contribution >= 4 is 16.9 Å². The van der Waals surface area contributed by atoms with E-state index in [1.165, 1.54) is 11.1 Å². The summed E-state index contributed by atoms with van der Waals surface area (Å²) in [5.41, 5.74) is 7.12. The smallest absolute Gasteiger partial charge is 0.251 e. The first kappa shape index (κ1) is 21.6. The molecular weight excluding hydrogens is 398 g/mol. The van der Waals surface area contributed by atoms with E-state index in [-0.39, 0.29) is 5.91 Å². The van der Waals surface area contributed by atoms with E-state index in [1.807, 2.05) is 62.4 Å². The molecule has 0 aliphatic carbocycles. The van der Waals surface area contributed by atoms with E-state index in [9.17, 15) is 4.79 Å². The number of hydrogen-bond acceptors (Lipinski definition) is 3. The first-order valence-corrected chi connectivity index (χ1v) is 10.9. The molecule has 0 radical (unpaired) electrons. The summed E-state index contributed by atoms with van der Waals surface area (Å²) in [5.74, 6) is 1.59. The van der Waals surface area contributed by atoms with Crippen LogP contribution in [0.1, 0.15) is 38.4 Å². The van der Waals surface area contributed by atoms with Crippen LogP contribution in [0.5, 0.6) is 5.75 Å².